The zero-order valence-electron chi connectivity index (χ0n) is 11.2. The molecular weight excluding hydrogens is 228 g/mol. The van der Waals surface area contributed by atoms with Gasteiger partial charge in [0.05, 0.1) is 13.0 Å². The summed E-state index contributed by atoms with van der Waals surface area (Å²) < 4.78 is 5.14. The van der Waals surface area contributed by atoms with E-state index in [0.29, 0.717) is 19.6 Å². The van der Waals surface area contributed by atoms with E-state index in [1.54, 1.807) is 0 Å². The van der Waals surface area contributed by atoms with E-state index in [1.807, 2.05) is 31.2 Å². The Labute approximate surface area is 109 Å². The summed E-state index contributed by atoms with van der Waals surface area (Å²) in [4.78, 5) is 11.5. The van der Waals surface area contributed by atoms with Crippen LogP contribution in [0.25, 0.3) is 0 Å². The first-order valence-electron chi connectivity index (χ1n) is 6.43. The van der Waals surface area contributed by atoms with E-state index in [0.717, 1.165) is 18.8 Å². The number of carbonyl (C=O) groups is 1. The summed E-state index contributed by atoms with van der Waals surface area (Å²) in [6, 6.07) is 7.87. The quantitative estimate of drug-likeness (QED) is 0.695. The molecule has 1 aromatic rings. The van der Waals surface area contributed by atoms with Crippen LogP contribution in [0.3, 0.4) is 0 Å². The van der Waals surface area contributed by atoms with Crippen molar-refractivity contribution in [3.05, 3.63) is 29.8 Å². The Morgan fingerprint density at radius 1 is 1.22 bits per heavy atom. The van der Waals surface area contributed by atoms with Crippen LogP contribution in [0.4, 0.5) is 5.69 Å². The summed E-state index contributed by atoms with van der Waals surface area (Å²) in [5.74, 6) is -0.0112. The third-order valence-corrected chi connectivity index (χ3v) is 2.49. The highest BCUT2D eigenvalue weighted by molar-refractivity contribution is 5.90. The predicted molar refractivity (Wildman–Crippen MR) is 73.6 cm³/mol. The molecule has 4 nitrogen and oxygen atoms in total. The Hall–Kier alpha value is -1.39. The molecule has 0 atom stereocenters. The minimum absolute atomic E-state index is 0.0112. The molecule has 0 spiro atoms. The number of anilines is 1. The summed E-state index contributed by atoms with van der Waals surface area (Å²) in [7, 11) is 0. The van der Waals surface area contributed by atoms with Crippen molar-refractivity contribution in [1.82, 2.24) is 5.32 Å². The predicted octanol–water partition coefficient (Wildman–Crippen LogP) is 2.16. The van der Waals surface area contributed by atoms with Crippen molar-refractivity contribution in [3.8, 4) is 0 Å². The topological polar surface area (TPSA) is 50.4 Å². The van der Waals surface area contributed by atoms with E-state index in [-0.39, 0.29) is 5.91 Å². The zero-order valence-corrected chi connectivity index (χ0v) is 11.2. The molecule has 0 radical (unpaired) electrons. The van der Waals surface area contributed by atoms with E-state index in [9.17, 15) is 4.79 Å². The number of ether oxygens (including phenoxy) is 1. The summed E-state index contributed by atoms with van der Waals surface area (Å²) in [5.41, 5.74) is 2.04. The number of rotatable bonds is 8. The van der Waals surface area contributed by atoms with Gasteiger partial charge in [-0.2, -0.15) is 0 Å². The number of hydrogen-bond acceptors (Lipinski definition) is 3. The van der Waals surface area contributed by atoms with Crippen molar-refractivity contribution in [1.29, 1.82) is 0 Å². The van der Waals surface area contributed by atoms with Crippen LogP contribution in [0.15, 0.2) is 24.3 Å². The Morgan fingerprint density at radius 2 is 1.94 bits per heavy atom. The number of nitrogens with one attached hydrogen (secondary N) is 2. The summed E-state index contributed by atoms with van der Waals surface area (Å²) in [6.45, 7) is 6.92. The zero-order chi connectivity index (χ0) is 13.2. The van der Waals surface area contributed by atoms with Gasteiger partial charge in [-0.1, -0.05) is 19.1 Å². The van der Waals surface area contributed by atoms with Crippen LogP contribution in [0.2, 0.25) is 0 Å². The third kappa shape index (κ3) is 5.80. The first-order chi connectivity index (χ1) is 8.76. The van der Waals surface area contributed by atoms with Crippen molar-refractivity contribution in [2.75, 3.05) is 25.1 Å². The molecule has 0 fully saturated rings. The fourth-order valence-electron chi connectivity index (χ4n) is 1.51. The maximum atomic E-state index is 11.5. The molecule has 0 saturated carbocycles. The Morgan fingerprint density at radius 3 is 2.56 bits per heavy atom. The van der Waals surface area contributed by atoms with Gasteiger partial charge < -0.3 is 15.4 Å². The van der Waals surface area contributed by atoms with E-state index < -0.39 is 0 Å². The molecule has 0 heterocycles. The van der Waals surface area contributed by atoms with Gasteiger partial charge in [0.15, 0.2) is 0 Å². The lowest BCUT2D eigenvalue weighted by molar-refractivity contribution is -0.117. The maximum absolute atomic E-state index is 11.5. The minimum atomic E-state index is -0.0112. The highest BCUT2D eigenvalue weighted by Crippen LogP contribution is 2.09. The van der Waals surface area contributed by atoms with Crippen molar-refractivity contribution >= 4 is 11.6 Å². The van der Waals surface area contributed by atoms with Gasteiger partial charge in [-0.15, -0.1) is 0 Å². The Kier molecular flexibility index (Phi) is 7.06. The number of hydrogen-bond donors (Lipinski definition) is 2. The van der Waals surface area contributed by atoms with E-state index in [4.69, 9.17) is 4.74 Å². The second-order valence-electron chi connectivity index (χ2n) is 3.97. The van der Waals surface area contributed by atoms with Gasteiger partial charge in [0.25, 0.3) is 0 Å². The molecule has 0 aliphatic heterocycles. The van der Waals surface area contributed by atoms with Gasteiger partial charge in [0.1, 0.15) is 0 Å². The normalized spacial score (nSPS) is 10.3. The van der Waals surface area contributed by atoms with Crippen LogP contribution in [-0.4, -0.2) is 25.7 Å². The Balaban J connectivity index is 2.35. The molecule has 100 valence electrons. The average molecular weight is 250 g/mol. The lowest BCUT2D eigenvalue weighted by atomic mass is 10.2. The molecule has 1 rings (SSSR count). The van der Waals surface area contributed by atoms with E-state index in [2.05, 4.69) is 17.6 Å². The monoisotopic (exact) mass is 250 g/mol. The molecular formula is C14H22N2O2. The highest BCUT2D eigenvalue weighted by atomic mass is 16.5. The first kappa shape index (κ1) is 14.7. The van der Waals surface area contributed by atoms with Gasteiger partial charge in [0, 0.05) is 18.8 Å². The van der Waals surface area contributed by atoms with Crippen LogP contribution in [0, 0.1) is 0 Å². The molecule has 0 aliphatic carbocycles. The SMILES string of the molecule is CCNCc1ccc(NC(=O)CCOCC)cc1. The van der Waals surface area contributed by atoms with Crippen molar-refractivity contribution in [2.24, 2.45) is 0 Å². The van der Waals surface area contributed by atoms with Gasteiger partial charge >= 0.3 is 0 Å². The van der Waals surface area contributed by atoms with Gasteiger partial charge in [-0.05, 0) is 31.2 Å². The lowest BCUT2D eigenvalue weighted by Crippen LogP contribution is -2.14. The highest BCUT2D eigenvalue weighted by Gasteiger charge is 2.02. The smallest absolute Gasteiger partial charge is 0.226 e. The minimum Gasteiger partial charge on any atom is -0.381 e. The third-order valence-electron chi connectivity index (χ3n) is 2.49. The summed E-state index contributed by atoms with van der Waals surface area (Å²) in [6.07, 6.45) is 0.396. The van der Waals surface area contributed by atoms with Gasteiger partial charge in [-0.25, -0.2) is 0 Å². The molecule has 18 heavy (non-hydrogen) atoms. The van der Waals surface area contributed by atoms with E-state index >= 15 is 0 Å². The summed E-state index contributed by atoms with van der Waals surface area (Å²) >= 11 is 0. The second kappa shape index (κ2) is 8.66. The van der Waals surface area contributed by atoms with Crippen LogP contribution in [0.5, 0.6) is 0 Å². The van der Waals surface area contributed by atoms with Crippen molar-refractivity contribution in [2.45, 2.75) is 26.8 Å². The molecule has 0 aliphatic rings. The van der Waals surface area contributed by atoms with Crippen molar-refractivity contribution < 1.29 is 9.53 Å². The van der Waals surface area contributed by atoms with Crippen LogP contribution < -0.4 is 10.6 Å². The first-order valence-corrected chi connectivity index (χ1v) is 6.43. The van der Waals surface area contributed by atoms with Crippen LogP contribution in [-0.2, 0) is 16.1 Å². The fourth-order valence-corrected chi connectivity index (χ4v) is 1.51. The largest absolute Gasteiger partial charge is 0.381 e. The molecule has 0 unspecified atom stereocenters. The van der Waals surface area contributed by atoms with Crippen molar-refractivity contribution in [3.63, 3.8) is 0 Å². The number of benzene rings is 1. The molecule has 1 aromatic carbocycles. The van der Waals surface area contributed by atoms with Crippen LogP contribution in [0.1, 0.15) is 25.8 Å². The fraction of sp³-hybridized carbons (Fsp3) is 0.500. The van der Waals surface area contributed by atoms with Gasteiger partial charge in [0.2, 0.25) is 5.91 Å². The summed E-state index contributed by atoms with van der Waals surface area (Å²) in [5, 5.41) is 6.10. The average Bonchev–Trinajstić information content (AvgIpc) is 2.38. The number of carbonyl (C=O) groups excluding carboxylic acids is 1. The lowest BCUT2D eigenvalue weighted by Gasteiger charge is -2.07. The second-order valence-corrected chi connectivity index (χ2v) is 3.97. The molecule has 0 saturated heterocycles. The molecule has 1 amide bonds. The number of amides is 1. The maximum Gasteiger partial charge on any atom is 0.226 e. The molecule has 4 heteroatoms. The van der Waals surface area contributed by atoms with E-state index in [1.165, 1.54) is 5.56 Å². The molecule has 0 aromatic heterocycles. The molecule has 0 bridgehead atoms. The Bertz CT molecular complexity index is 349. The molecule has 2 N–H and O–H groups in total. The standard InChI is InChI=1S/C14H22N2O2/c1-3-15-11-12-5-7-13(8-6-12)16-14(17)9-10-18-4-2/h5-8,15H,3-4,9-11H2,1-2H3,(H,16,17). The van der Waals surface area contributed by atoms with Gasteiger partial charge in [-0.3, -0.25) is 4.79 Å². The van der Waals surface area contributed by atoms with Crippen LogP contribution >= 0.6 is 0 Å².